The lowest BCUT2D eigenvalue weighted by molar-refractivity contribution is -0.660. The fourth-order valence-corrected chi connectivity index (χ4v) is 11.5. The molecule has 0 spiro atoms. The number of pyridine rings is 4. The van der Waals surface area contributed by atoms with E-state index in [4.69, 9.17) is 0 Å². The van der Waals surface area contributed by atoms with Crippen LogP contribution in [0, 0.1) is 69.2 Å². The summed E-state index contributed by atoms with van der Waals surface area (Å²) in [6.45, 7) is 21.7. The van der Waals surface area contributed by atoms with Crippen molar-refractivity contribution in [3.8, 4) is 89.5 Å². The van der Waals surface area contributed by atoms with Gasteiger partial charge in [0.2, 0.25) is 22.8 Å². The highest BCUT2D eigenvalue weighted by molar-refractivity contribution is 5.78. The first kappa shape index (κ1) is 60.9. The van der Waals surface area contributed by atoms with Crippen molar-refractivity contribution in [1.82, 2.24) is 0 Å². The molecule has 4 nitrogen and oxygen atoms in total. The Morgan fingerprint density at radius 3 is 0.953 bits per heavy atom. The highest BCUT2D eigenvalue weighted by atomic mass is 14.9. The summed E-state index contributed by atoms with van der Waals surface area (Å²) in [5.74, 6) is 0. The molecule has 4 aromatic heterocycles. The van der Waals surface area contributed by atoms with Gasteiger partial charge in [-0.2, -0.15) is 0 Å². The van der Waals surface area contributed by atoms with Crippen molar-refractivity contribution in [3.63, 3.8) is 0 Å². The molecule has 0 unspecified atom stereocenters. The average Bonchev–Trinajstić information content (AvgIpc) is 2.20. The first-order valence-corrected chi connectivity index (χ1v) is 29.9. The van der Waals surface area contributed by atoms with Crippen LogP contribution in [0.3, 0.4) is 0 Å². The third-order valence-electron chi connectivity index (χ3n) is 16.5. The van der Waals surface area contributed by atoms with E-state index in [1.807, 2.05) is 0 Å². The van der Waals surface area contributed by atoms with Crippen LogP contribution >= 0.6 is 0 Å². The maximum absolute atomic E-state index is 2.32. The molecule has 0 N–H and O–H groups in total. The van der Waals surface area contributed by atoms with E-state index in [0.717, 1.165) is 0 Å². The molecule has 4 heterocycles. The topological polar surface area (TPSA) is 15.5 Å². The number of nitrogens with zero attached hydrogens (tertiary/aromatic N) is 4. The standard InChI is InChI=1S/2C21H22N.2C20H20N/c1-15-10-11-19(18-8-6-5-7-9-18)13-20(15)21-12-16(2)17(3)14-22(21)4;1-15-10-11-21(22(4)14-15)20-13-19(16(2)12-17(20)3)18-8-6-5-7-9-18;1-15-13-16(2)19(20-11-7-8-12-21(20)3)14-18(15)17-9-5-4-6-10-17;1-15-9-12-20(21(3)14-15)19-13-18(11-10-16(19)2)17-7-5-4-6-8-17/h2*5-14H,1-4H3;2*4-14H,1-3H3/q4*+1. The summed E-state index contributed by atoms with van der Waals surface area (Å²) in [5.41, 5.74) is 33.5. The minimum Gasteiger partial charge on any atom is -0.201 e. The quantitative estimate of drug-likeness (QED) is 0.135. The van der Waals surface area contributed by atoms with Crippen molar-refractivity contribution in [2.45, 2.75) is 69.2 Å². The van der Waals surface area contributed by atoms with Crippen molar-refractivity contribution in [1.29, 1.82) is 0 Å². The normalized spacial score (nSPS) is 10.7. The smallest absolute Gasteiger partial charge is 0.201 e. The minimum atomic E-state index is 1.24. The Bertz CT molecular complexity index is 4300. The number of aryl methyl sites for hydroxylation is 14. The Morgan fingerprint density at radius 1 is 0.198 bits per heavy atom. The molecule has 0 fully saturated rings. The second kappa shape index (κ2) is 27.8. The van der Waals surface area contributed by atoms with Gasteiger partial charge in [-0.1, -0.05) is 158 Å². The van der Waals surface area contributed by atoms with E-state index in [-0.39, 0.29) is 0 Å². The van der Waals surface area contributed by atoms with Crippen molar-refractivity contribution in [2.75, 3.05) is 0 Å². The van der Waals surface area contributed by atoms with Gasteiger partial charge in [0.25, 0.3) is 0 Å². The Morgan fingerprint density at radius 2 is 0.547 bits per heavy atom. The van der Waals surface area contributed by atoms with E-state index >= 15 is 0 Å². The van der Waals surface area contributed by atoms with Gasteiger partial charge in [-0.25, -0.2) is 18.3 Å². The molecule has 12 aromatic rings. The molecular weight excluding hydrogens is 1040 g/mol. The third kappa shape index (κ3) is 14.6. The molecule has 0 aliphatic rings. The average molecular weight is 1130 g/mol. The van der Waals surface area contributed by atoms with Gasteiger partial charge < -0.3 is 0 Å². The van der Waals surface area contributed by atoms with Gasteiger partial charge >= 0.3 is 0 Å². The number of benzene rings is 8. The molecule has 0 atom stereocenters. The zero-order chi connectivity index (χ0) is 61.0. The van der Waals surface area contributed by atoms with E-state index in [1.165, 1.54) is 145 Å². The lowest BCUT2D eigenvalue weighted by atomic mass is 9.93. The summed E-state index contributed by atoms with van der Waals surface area (Å²) in [6, 6.07) is 82.3. The molecule has 4 heteroatoms. The van der Waals surface area contributed by atoms with Gasteiger partial charge in [-0.3, -0.25) is 0 Å². The summed E-state index contributed by atoms with van der Waals surface area (Å²) in [5, 5.41) is 0. The van der Waals surface area contributed by atoms with Crippen LogP contribution in [0.5, 0.6) is 0 Å². The highest BCUT2D eigenvalue weighted by Gasteiger charge is 2.19. The van der Waals surface area contributed by atoms with Crippen LogP contribution in [0.4, 0.5) is 0 Å². The first-order valence-electron chi connectivity index (χ1n) is 29.9. The molecule has 0 aliphatic carbocycles. The predicted molar refractivity (Wildman–Crippen MR) is 361 cm³/mol. The molecule has 0 aliphatic heterocycles. The first-order chi connectivity index (χ1) is 41.4. The van der Waals surface area contributed by atoms with Crippen LogP contribution in [-0.4, -0.2) is 0 Å². The number of hydrogen-bond acceptors (Lipinski definition) is 0. The lowest BCUT2D eigenvalue weighted by Crippen LogP contribution is -2.31. The Labute approximate surface area is 513 Å². The molecule has 0 amide bonds. The number of rotatable bonds is 8. The van der Waals surface area contributed by atoms with Gasteiger partial charge in [0.05, 0.1) is 0 Å². The van der Waals surface area contributed by atoms with Crippen LogP contribution in [0.1, 0.15) is 55.6 Å². The molecule has 0 saturated heterocycles. The monoisotopic (exact) mass is 1120 g/mol. The van der Waals surface area contributed by atoms with E-state index in [9.17, 15) is 0 Å². The van der Waals surface area contributed by atoms with Crippen LogP contribution in [0.25, 0.3) is 89.5 Å². The van der Waals surface area contributed by atoms with Gasteiger partial charge in [0.1, 0.15) is 28.2 Å². The van der Waals surface area contributed by atoms with Crippen LogP contribution in [-0.2, 0) is 28.2 Å². The lowest BCUT2D eigenvalue weighted by Gasteiger charge is -2.12. The molecule has 8 aromatic carbocycles. The number of aromatic nitrogens is 4. The van der Waals surface area contributed by atoms with E-state index in [0.29, 0.717) is 0 Å². The summed E-state index contributed by atoms with van der Waals surface area (Å²) in [6.07, 6.45) is 8.65. The molecule has 0 radical (unpaired) electrons. The largest absolute Gasteiger partial charge is 0.212 e. The fourth-order valence-electron chi connectivity index (χ4n) is 11.5. The highest BCUT2D eigenvalue weighted by Crippen LogP contribution is 2.34. The predicted octanol–water partition coefficient (Wildman–Crippen LogP) is 18.5. The van der Waals surface area contributed by atoms with Crippen molar-refractivity contribution in [3.05, 3.63) is 311 Å². The fraction of sp³-hybridized carbons (Fsp3) is 0.171. The molecule has 0 bridgehead atoms. The van der Waals surface area contributed by atoms with Gasteiger partial charge in [0.15, 0.2) is 24.8 Å². The summed E-state index contributed by atoms with van der Waals surface area (Å²) in [4.78, 5) is 0. The van der Waals surface area contributed by atoms with Crippen molar-refractivity contribution >= 4 is 0 Å². The zero-order valence-corrected chi connectivity index (χ0v) is 53.0. The maximum Gasteiger partial charge on any atom is 0.212 e. The molecular formula is C82H84N4+4. The van der Waals surface area contributed by atoms with Crippen molar-refractivity contribution in [2.24, 2.45) is 28.2 Å². The van der Waals surface area contributed by atoms with Crippen molar-refractivity contribution < 1.29 is 18.3 Å². The molecule has 428 valence electrons. The van der Waals surface area contributed by atoms with Crippen LogP contribution in [0.15, 0.2) is 255 Å². The minimum absolute atomic E-state index is 1.24. The Balaban J connectivity index is 0.000000137. The summed E-state index contributed by atoms with van der Waals surface area (Å²) >= 11 is 0. The number of hydrogen-bond donors (Lipinski definition) is 0. The van der Waals surface area contributed by atoms with E-state index in [2.05, 4.69) is 371 Å². The van der Waals surface area contributed by atoms with E-state index < -0.39 is 0 Å². The maximum atomic E-state index is 2.32. The third-order valence-corrected chi connectivity index (χ3v) is 16.5. The van der Waals surface area contributed by atoms with E-state index in [1.54, 1.807) is 0 Å². The van der Waals surface area contributed by atoms with Gasteiger partial charge in [-0.15, -0.1) is 0 Å². The summed E-state index contributed by atoms with van der Waals surface area (Å²) < 4.78 is 8.81. The Kier molecular flexibility index (Phi) is 19.7. The zero-order valence-electron chi connectivity index (χ0n) is 53.0. The molecule has 0 saturated carbocycles. The van der Waals surface area contributed by atoms with Crippen LogP contribution in [0.2, 0.25) is 0 Å². The second-order valence-corrected chi connectivity index (χ2v) is 23.2. The SMILES string of the molecule is Cc1cc(-c2cc(-c3ccccc3)ccc2C)[n+](C)cc1C.Cc1cc(C)c(-c2cccc[n+]2C)cc1-c1ccccc1.Cc1ccc(-c2cc(-c3ccccc3)c(C)cc2C)[n+](C)c1.Cc1ccc(-c2cc(-c3ccccc3)ccc2C)[n+](C)c1. The van der Waals surface area contributed by atoms with Gasteiger partial charge in [0, 0.05) is 69.3 Å². The second-order valence-electron chi connectivity index (χ2n) is 23.2. The molecule has 86 heavy (non-hydrogen) atoms. The van der Waals surface area contributed by atoms with Crippen LogP contribution < -0.4 is 18.3 Å². The molecule has 12 rings (SSSR count). The Hall–Kier alpha value is -9.64. The summed E-state index contributed by atoms with van der Waals surface area (Å²) in [7, 11) is 8.44. The van der Waals surface area contributed by atoms with Gasteiger partial charge in [-0.05, 0) is 195 Å².